The number of carbonyl (C=O) groups excluding carboxylic acids is 1. The van der Waals surface area contributed by atoms with Crippen molar-refractivity contribution in [2.45, 2.75) is 33.1 Å². The third-order valence-electron chi connectivity index (χ3n) is 2.37. The largest absolute Gasteiger partial charge is 0.475 e. The lowest BCUT2D eigenvalue weighted by Gasteiger charge is -1.91. The first kappa shape index (κ1) is 17.8. The molecule has 0 unspecified atom stereocenters. The van der Waals surface area contributed by atoms with Gasteiger partial charge in [0.1, 0.15) is 0 Å². The molecule has 3 nitrogen and oxygen atoms in total. The van der Waals surface area contributed by atoms with Crippen LogP contribution in [0, 0.1) is 0 Å². The van der Waals surface area contributed by atoms with Crippen LogP contribution in [0.3, 0.4) is 0 Å². The fraction of sp³-hybridized carbons (Fsp3) is 0.294. The van der Waals surface area contributed by atoms with E-state index in [1.54, 1.807) is 18.2 Å². The average Bonchev–Trinajstić information content (AvgIpc) is 2.48. The van der Waals surface area contributed by atoms with Crippen LogP contribution in [0.2, 0.25) is 0 Å². The molecule has 0 radical (unpaired) electrons. The highest BCUT2D eigenvalue weighted by atomic mass is 16.4. The van der Waals surface area contributed by atoms with Crippen LogP contribution in [0.15, 0.2) is 54.6 Å². The second-order valence-electron chi connectivity index (χ2n) is 4.03. The van der Waals surface area contributed by atoms with Gasteiger partial charge in [0.05, 0.1) is 0 Å². The Bertz CT molecular complexity index is 445. The smallest absolute Gasteiger partial charge is 0.377 e. The molecule has 0 aromatic heterocycles. The van der Waals surface area contributed by atoms with Gasteiger partial charge in [-0.1, -0.05) is 61.6 Å². The van der Waals surface area contributed by atoms with E-state index in [1.165, 1.54) is 25.0 Å². The SMILES string of the molecule is CC=CCCC=CCC.O=C(O)C(=O)c1ccccc1. The number of aliphatic carboxylic acids is 1. The van der Waals surface area contributed by atoms with Gasteiger partial charge in [0.2, 0.25) is 0 Å². The molecule has 0 bridgehead atoms. The fourth-order valence-electron chi connectivity index (χ4n) is 1.36. The Balaban J connectivity index is 0.000000370. The fourth-order valence-corrected chi connectivity index (χ4v) is 1.36. The normalized spacial score (nSPS) is 10.3. The van der Waals surface area contributed by atoms with Crippen LogP contribution in [0.1, 0.15) is 43.5 Å². The monoisotopic (exact) mass is 274 g/mol. The number of carbonyl (C=O) groups is 2. The summed E-state index contributed by atoms with van der Waals surface area (Å²) in [6, 6.07) is 7.90. The molecular formula is C17H22O3. The molecule has 1 aromatic rings. The van der Waals surface area contributed by atoms with Crippen LogP contribution < -0.4 is 0 Å². The predicted molar refractivity (Wildman–Crippen MR) is 81.9 cm³/mol. The molecule has 3 heteroatoms. The summed E-state index contributed by atoms with van der Waals surface area (Å²) in [5.41, 5.74) is 0.208. The van der Waals surface area contributed by atoms with E-state index >= 15 is 0 Å². The topological polar surface area (TPSA) is 54.4 Å². The molecule has 0 aliphatic rings. The van der Waals surface area contributed by atoms with Crippen molar-refractivity contribution in [3.8, 4) is 0 Å². The number of rotatable bonds is 6. The second kappa shape index (κ2) is 11.9. The number of Topliss-reactive ketones (excluding diaryl/α,β-unsaturated/α-hetero) is 1. The summed E-state index contributed by atoms with van der Waals surface area (Å²) < 4.78 is 0. The third kappa shape index (κ3) is 8.86. The number of carboxylic acids is 1. The number of hydrogen-bond donors (Lipinski definition) is 1. The van der Waals surface area contributed by atoms with Crippen LogP contribution in [-0.2, 0) is 4.79 Å². The van der Waals surface area contributed by atoms with Gasteiger partial charge in [-0.05, 0) is 26.2 Å². The molecule has 0 spiro atoms. The molecule has 1 N–H and O–H groups in total. The zero-order valence-corrected chi connectivity index (χ0v) is 12.1. The van der Waals surface area contributed by atoms with E-state index in [9.17, 15) is 9.59 Å². The molecular weight excluding hydrogens is 252 g/mol. The molecule has 0 saturated heterocycles. The Kier molecular flexibility index (Phi) is 10.6. The summed E-state index contributed by atoms with van der Waals surface area (Å²) in [6.07, 6.45) is 12.3. The molecule has 0 aliphatic heterocycles. The van der Waals surface area contributed by atoms with Gasteiger partial charge in [-0.15, -0.1) is 0 Å². The molecule has 0 atom stereocenters. The summed E-state index contributed by atoms with van der Waals surface area (Å²) in [6.45, 7) is 4.22. The van der Waals surface area contributed by atoms with E-state index < -0.39 is 11.8 Å². The van der Waals surface area contributed by atoms with E-state index in [2.05, 4.69) is 38.2 Å². The Morgan fingerprint density at radius 3 is 2.15 bits per heavy atom. The highest BCUT2D eigenvalue weighted by Crippen LogP contribution is 1.99. The van der Waals surface area contributed by atoms with Crippen molar-refractivity contribution in [2.75, 3.05) is 0 Å². The molecule has 0 heterocycles. The van der Waals surface area contributed by atoms with Crippen molar-refractivity contribution in [2.24, 2.45) is 0 Å². The zero-order valence-electron chi connectivity index (χ0n) is 12.1. The molecule has 0 fully saturated rings. The Morgan fingerprint density at radius 2 is 1.65 bits per heavy atom. The predicted octanol–water partition coefficient (Wildman–Crippen LogP) is 4.26. The van der Waals surface area contributed by atoms with Gasteiger partial charge in [0.15, 0.2) is 0 Å². The van der Waals surface area contributed by atoms with Crippen LogP contribution in [0.25, 0.3) is 0 Å². The van der Waals surface area contributed by atoms with Gasteiger partial charge < -0.3 is 5.11 Å². The van der Waals surface area contributed by atoms with Gasteiger partial charge in [-0.25, -0.2) is 4.79 Å². The lowest BCUT2D eigenvalue weighted by atomic mass is 10.1. The number of carboxylic acid groups (broad SMARTS) is 1. The molecule has 20 heavy (non-hydrogen) atoms. The van der Waals surface area contributed by atoms with Crippen molar-refractivity contribution < 1.29 is 14.7 Å². The zero-order chi connectivity index (χ0) is 15.2. The van der Waals surface area contributed by atoms with E-state index in [-0.39, 0.29) is 5.56 Å². The highest BCUT2D eigenvalue weighted by Gasteiger charge is 2.12. The molecule has 0 saturated carbocycles. The van der Waals surface area contributed by atoms with Crippen LogP contribution in [-0.4, -0.2) is 16.9 Å². The second-order valence-corrected chi connectivity index (χ2v) is 4.03. The highest BCUT2D eigenvalue weighted by molar-refractivity contribution is 6.39. The Hall–Kier alpha value is -2.16. The van der Waals surface area contributed by atoms with Crippen molar-refractivity contribution in [1.82, 2.24) is 0 Å². The van der Waals surface area contributed by atoms with Crippen molar-refractivity contribution in [1.29, 1.82) is 0 Å². The van der Waals surface area contributed by atoms with Crippen molar-refractivity contribution >= 4 is 11.8 Å². The number of benzene rings is 1. The first-order valence-electron chi connectivity index (χ1n) is 6.72. The van der Waals surface area contributed by atoms with Gasteiger partial charge in [-0.2, -0.15) is 0 Å². The molecule has 0 amide bonds. The maximum absolute atomic E-state index is 10.7. The summed E-state index contributed by atoms with van der Waals surface area (Å²) >= 11 is 0. The Labute approximate surface area is 120 Å². The summed E-state index contributed by atoms with van der Waals surface area (Å²) in [5, 5.41) is 8.29. The van der Waals surface area contributed by atoms with Crippen molar-refractivity contribution in [3.05, 3.63) is 60.2 Å². The summed E-state index contributed by atoms with van der Waals surface area (Å²) in [4.78, 5) is 20.9. The summed E-state index contributed by atoms with van der Waals surface area (Å²) in [7, 11) is 0. The van der Waals surface area contributed by atoms with Crippen LogP contribution in [0.4, 0.5) is 0 Å². The first-order chi connectivity index (χ1) is 9.63. The van der Waals surface area contributed by atoms with Crippen LogP contribution >= 0.6 is 0 Å². The minimum absolute atomic E-state index is 0.208. The molecule has 1 aromatic carbocycles. The maximum atomic E-state index is 10.7. The molecule has 1 rings (SSSR count). The molecule has 0 aliphatic carbocycles. The van der Waals surface area contributed by atoms with E-state index in [4.69, 9.17) is 5.11 Å². The van der Waals surface area contributed by atoms with Gasteiger partial charge in [0, 0.05) is 5.56 Å². The first-order valence-corrected chi connectivity index (χ1v) is 6.72. The van der Waals surface area contributed by atoms with E-state index in [1.807, 2.05) is 0 Å². The van der Waals surface area contributed by atoms with Crippen LogP contribution in [0.5, 0.6) is 0 Å². The third-order valence-corrected chi connectivity index (χ3v) is 2.37. The maximum Gasteiger partial charge on any atom is 0.377 e. The van der Waals surface area contributed by atoms with Gasteiger partial charge in [0.25, 0.3) is 5.78 Å². The minimum Gasteiger partial charge on any atom is -0.475 e. The van der Waals surface area contributed by atoms with Gasteiger partial charge in [-0.3, -0.25) is 4.79 Å². The number of allylic oxidation sites excluding steroid dienone is 4. The average molecular weight is 274 g/mol. The summed E-state index contributed by atoms with van der Waals surface area (Å²) in [5.74, 6) is -2.29. The number of unbranched alkanes of at least 4 members (excludes halogenated alkanes) is 1. The standard InChI is InChI=1S/C9H16.C8H6O3/c1-3-5-7-9-8-6-4-2;9-7(8(10)11)6-4-2-1-3-5-6/h3,5-6,8H,4,7,9H2,1-2H3;1-5H,(H,10,11). The number of hydrogen-bond acceptors (Lipinski definition) is 2. The van der Waals surface area contributed by atoms with Crippen molar-refractivity contribution in [3.63, 3.8) is 0 Å². The van der Waals surface area contributed by atoms with Gasteiger partial charge >= 0.3 is 5.97 Å². The Morgan fingerprint density at radius 1 is 1.05 bits per heavy atom. The minimum atomic E-state index is -1.42. The van der Waals surface area contributed by atoms with E-state index in [0.29, 0.717) is 0 Å². The quantitative estimate of drug-likeness (QED) is 0.365. The lowest BCUT2D eigenvalue weighted by Crippen LogP contribution is -2.12. The van der Waals surface area contributed by atoms with E-state index in [0.717, 1.165) is 6.42 Å². The molecule has 108 valence electrons. The lowest BCUT2D eigenvalue weighted by molar-refractivity contribution is -0.131. The number of ketones is 1.